The van der Waals surface area contributed by atoms with Crippen molar-refractivity contribution in [2.45, 2.75) is 26.7 Å². The minimum Gasteiger partial charge on any atom is -0.451 e. The predicted octanol–water partition coefficient (Wildman–Crippen LogP) is 2.40. The molecule has 0 saturated heterocycles. The van der Waals surface area contributed by atoms with Crippen molar-refractivity contribution in [1.82, 2.24) is 9.97 Å². The lowest BCUT2D eigenvalue weighted by atomic mass is 10.0. The van der Waals surface area contributed by atoms with Crippen molar-refractivity contribution in [2.75, 3.05) is 11.9 Å². The minimum absolute atomic E-state index is 0.0727. The molecule has 0 fully saturated rings. The fourth-order valence-corrected chi connectivity index (χ4v) is 2.19. The highest BCUT2D eigenvalue weighted by Crippen LogP contribution is 2.22. The van der Waals surface area contributed by atoms with E-state index < -0.39 is 5.97 Å². The molecule has 1 amide bonds. The lowest BCUT2D eigenvalue weighted by Crippen LogP contribution is -2.22. The van der Waals surface area contributed by atoms with E-state index in [-0.39, 0.29) is 18.2 Å². The number of nitrogens with zero attached hydrogens (tertiary/aromatic N) is 2. The van der Waals surface area contributed by atoms with Gasteiger partial charge < -0.3 is 10.1 Å². The number of aromatic nitrogens is 2. The van der Waals surface area contributed by atoms with E-state index in [1.54, 1.807) is 0 Å². The quantitative estimate of drug-likeness (QED) is 0.828. The van der Waals surface area contributed by atoms with Gasteiger partial charge in [-0.05, 0) is 24.0 Å². The Balaban J connectivity index is 1.99. The third kappa shape index (κ3) is 4.35. The number of nitrogens with one attached hydrogen (secondary N) is 1. The fraction of sp³-hybridized carbons (Fsp3) is 0.294. The Morgan fingerprint density at radius 2 is 1.83 bits per heavy atom. The molecule has 6 heteroatoms. The molecule has 2 aromatic rings. The summed E-state index contributed by atoms with van der Waals surface area (Å²) in [6, 6.07) is 5.92. The summed E-state index contributed by atoms with van der Waals surface area (Å²) < 4.78 is 4.96. The van der Waals surface area contributed by atoms with Crippen LogP contribution in [0, 0.1) is 0 Å². The van der Waals surface area contributed by atoms with Crippen LogP contribution >= 0.6 is 0 Å². The zero-order chi connectivity index (χ0) is 16.7. The van der Waals surface area contributed by atoms with Gasteiger partial charge in [0.1, 0.15) is 0 Å². The van der Waals surface area contributed by atoms with E-state index in [0.29, 0.717) is 0 Å². The number of hydrogen-bond donors (Lipinski definition) is 1. The number of ether oxygens (including phenoxy) is 1. The maximum atomic E-state index is 12.1. The van der Waals surface area contributed by atoms with E-state index in [4.69, 9.17) is 4.74 Å². The van der Waals surface area contributed by atoms with Crippen LogP contribution in [0.1, 0.15) is 35.5 Å². The van der Waals surface area contributed by atoms with Crippen LogP contribution in [0.2, 0.25) is 0 Å². The van der Waals surface area contributed by atoms with Crippen LogP contribution < -0.4 is 5.32 Å². The van der Waals surface area contributed by atoms with Gasteiger partial charge in [0.05, 0.1) is 6.20 Å². The van der Waals surface area contributed by atoms with Crippen LogP contribution in [0.5, 0.6) is 0 Å². The molecule has 0 spiro atoms. The number of anilines is 1. The molecule has 6 nitrogen and oxygen atoms in total. The molecule has 120 valence electrons. The number of rotatable bonds is 6. The Hall–Kier alpha value is -2.76. The van der Waals surface area contributed by atoms with Gasteiger partial charge in [-0.3, -0.25) is 9.78 Å². The number of benzene rings is 1. The van der Waals surface area contributed by atoms with Crippen molar-refractivity contribution in [3.05, 3.63) is 53.6 Å². The molecular formula is C17H19N3O3. The lowest BCUT2D eigenvalue weighted by molar-refractivity contribution is -0.119. The van der Waals surface area contributed by atoms with Gasteiger partial charge in [-0.2, -0.15) is 0 Å². The fourth-order valence-electron chi connectivity index (χ4n) is 2.19. The van der Waals surface area contributed by atoms with Crippen molar-refractivity contribution < 1.29 is 14.3 Å². The zero-order valence-corrected chi connectivity index (χ0v) is 13.2. The second kappa shape index (κ2) is 8.03. The molecule has 2 rings (SSSR count). The van der Waals surface area contributed by atoms with E-state index >= 15 is 0 Å². The highest BCUT2D eigenvalue weighted by atomic mass is 16.5. The summed E-state index contributed by atoms with van der Waals surface area (Å²) in [6.45, 7) is 3.69. The maximum Gasteiger partial charge on any atom is 0.359 e. The van der Waals surface area contributed by atoms with E-state index in [2.05, 4.69) is 15.3 Å². The van der Waals surface area contributed by atoms with Gasteiger partial charge in [0.2, 0.25) is 0 Å². The van der Waals surface area contributed by atoms with Gasteiger partial charge in [-0.25, -0.2) is 9.78 Å². The lowest BCUT2D eigenvalue weighted by Gasteiger charge is -2.14. The Morgan fingerprint density at radius 3 is 2.39 bits per heavy atom. The molecule has 0 bridgehead atoms. The van der Waals surface area contributed by atoms with Crippen LogP contribution in [0.3, 0.4) is 0 Å². The molecular weight excluding hydrogens is 294 g/mol. The van der Waals surface area contributed by atoms with E-state index in [1.165, 1.54) is 18.6 Å². The number of esters is 1. The Labute approximate surface area is 134 Å². The van der Waals surface area contributed by atoms with Crippen molar-refractivity contribution in [3.63, 3.8) is 0 Å². The summed E-state index contributed by atoms with van der Waals surface area (Å²) in [4.78, 5) is 31.4. The first kappa shape index (κ1) is 16.6. The van der Waals surface area contributed by atoms with Crippen LogP contribution in [-0.4, -0.2) is 28.5 Å². The molecule has 0 aliphatic carbocycles. The molecule has 1 aromatic heterocycles. The molecule has 23 heavy (non-hydrogen) atoms. The molecule has 1 heterocycles. The smallest absolute Gasteiger partial charge is 0.359 e. The standard InChI is InChI=1S/C17H19N3O3/c1-3-12-6-5-7-13(4-2)16(12)20-15(21)11-23-17(22)14-10-18-8-9-19-14/h5-10H,3-4,11H2,1-2H3,(H,20,21). The van der Waals surface area contributed by atoms with E-state index in [1.807, 2.05) is 32.0 Å². The van der Waals surface area contributed by atoms with E-state index in [0.717, 1.165) is 29.7 Å². The Bertz CT molecular complexity index is 664. The summed E-state index contributed by atoms with van der Waals surface area (Å²) in [5.74, 6) is -1.05. The predicted molar refractivity (Wildman–Crippen MR) is 86.1 cm³/mol. The third-order valence-electron chi connectivity index (χ3n) is 3.37. The van der Waals surface area contributed by atoms with E-state index in [9.17, 15) is 9.59 Å². The zero-order valence-electron chi connectivity index (χ0n) is 13.2. The van der Waals surface area contributed by atoms with Gasteiger partial charge >= 0.3 is 5.97 Å². The minimum atomic E-state index is -0.673. The summed E-state index contributed by atoms with van der Waals surface area (Å²) in [5, 5.41) is 2.84. The average molecular weight is 313 g/mol. The summed E-state index contributed by atoms with van der Waals surface area (Å²) in [6.07, 6.45) is 5.76. The number of aryl methyl sites for hydroxylation is 2. The van der Waals surface area contributed by atoms with Crippen LogP contribution in [-0.2, 0) is 22.4 Å². The first-order chi connectivity index (χ1) is 11.2. The van der Waals surface area contributed by atoms with Gasteiger partial charge in [0, 0.05) is 18.1 Å². The number of carbonyl (C=O) groups excluding carboxylic acids is 2. The topological polar surface area (TPSA) is 81.2 Å². The number of para-hydroxylation sites is 1. The number of carbonyl (C=O) groups is 2. The highest BCUT2D eigenvalue weighted by Gasteiger charge is 2.14. The molecule has 0 saturated carbocycles. The Kier molecular flexibility index (Phi) is 5.80. The van der Waals surface area contributed by atoms with Crippen molar-refractivity contribution in [3.8, 4) is 0 Å². The van der Waals surface area contributed by atoms with Crippen LogP contribution in [0.25, 0.3) is 0 Å². The van der Waals surface area contributed by atoms with Gasteiger partial charge in [0.15, 0.2) is 12.3 Å². The monoisotopic (exact) mass is 313 g/mol. The van der Waals surface area contributed by atoms with Crippen molar-refractivity contribution in [2.24, 2.45) is 0 Å². The number of hydrogen-bond acceptors (Lipinski definition) is 5. The summed E-state index contributed by atoms with van der Waals surface area (Å²) >= 11 is 0. The largest absolute Gasteiger partial charge is 0.451 e. The van der Waals surface area contributed by atoms with Crippen molar-refractivity contribution >= 4 is 17.6 Å². The third-order valence-corrected chi connectivity index (χ3v) is 3.37. The van der Waals surface area contributed by atoms with Gasteiger partial charge in [-0.1, -0.05) is 32.0 Å². The maximum absolute atomic E-state index is 12.1. The number of amides is 1. The summed E-state index contributed by atoms with van der Waals surface area (Å²) in [7, 11) is 0. The second-order valence-electron chi connectivity index (χ2n) is 4.87. The molecule has 1 N–H and O–H groups in total. The summed E-state index contributed by atoms with van der Waals surface area (Å²) in [5.41, 5.74) is 2.98. The molecule has 0 unspecified atom stereocenters. The van der Waals surface area contributed by atoms with Crippen LogP contribution in [0.15, 0.2) is 36.8 Å². The average Bonchev–Trinajstić information content (AvgIpc) is 2.60. The Morgan fingerprint density at radius 1 is 1.13 bits per heavy atom. The van der Waals surface area contributed by atoms with Gasteiger partial charge in [0.25, 0.3) is 5.91 Å². The molecule has 0 aliphatic rings. The SMILES string of the molecule is CCc1cccc(CC)c1NC(=O)COC(=O)c1cnccn1. The molecule has 0 aliphatic heterocycles. The van der Waals surface area contributed by atoms with Gasteiger partial charge in [-0.15, -0.1) is 0 Å². The normalized spacial score (nSPS) is 10.2. The van der Waals surface area contributed by atoms with Crippen LogP contribution in [0.4, 0.5) is 5.69 Å². The molecule has 0 atom stereocenters. The first-order valence-electron chi connectivity index (χ1n) is 7.49. The first-order valence-corrected chi connectivity index (χ1v) is 7.49. The molecule has 1 aromatic carbocycles. The second-order valence-corrected chi connectivity index (χ2v) is 4.87. The molecule has 0 radical (unpaired) electrons. The van der Waals surface area contributed by atoms with Crippen molar-refractivity contribution in [1.29, 1.82) is 0 Å². The highest BCUT2D eigenvalue weighted by molar-refractivity contribution is 5.95.